The smallest absolute Gasteiger partial charge is 0.220 e. The summed E-state index contributed by atoms with van der Waals surface area (Å²) >= 11 is 11.9. The average Bonchev–Trinajstić information content (AvgIpc) is 2.45. The van der Waals surface area contributed by atoms with Crippen molar-refractivity contribution in [3.63, 3.8) is 0 Å². The second-order valence-electron chi connectivity index (χ2n) is 4.50. The molecule has 0 saturated carbocycles. The van der Waals surface area contributed by atoms with Crippen LogP contribution in [-0.2, 0) is 17.8 Å². The molecule has 0 unspecified atom stereocenters. The van der Waals surface area contributed by atoms with E-state index < -0.39 is 0 Å². The second kappa shape index (κ2) is 7.32. The Morgan fingerprint density at radius 2 is 1.80 bits per heavy atom. The number of aryl methyl sites for hydroxylation is 1. The number of hydrogen-bond acceptors (Lipinski definition) is 1. The molecule has 20 heavy (non-hydrogen) atoms. The molecule has 4 heteroatoms. The summed E-state index contributed by atoms with van der Waals surface area (Å²) in [6, 6.07) is 15.2. The Balaban J connectivity index is 1.80. The average molecular weight is 308 g/mol. The van der Waals surface area contributed by atoms with E-state index in [9.17, 15) is 4.79 Å². The molecule has 0 fully saturated rings. The van der Waals surface area contributed by atoms with Gasteiger partial charge in [0.2, 0.25) is 5.91 Å². The molecule has 0 atom stereocenters. The lowest BCUT2D eigenvalue weighted by Crippen LogP contribution is -2.23. The second-order valence-corrected chi connectivity index (χ2v) is 5.34. The molecule has 0 aliphatic carbocycles. The summed E-state index contributed by atoms with van der Waals surface area (Å²) in [4.78, 5) is 11.8. The van der Waals surface area contributed by atoms with E-state index in [1.807, 2.05) is 36.4 Å². The van der Waals surface area contributed by atoms with Gasteiger partial charge in [0.15, 0.2) is 0 Å². The Morgan fingerprint density at radius 1 is 1.05 bits per heavy atom. The number of nitrogens with one attached hydrogen (secondary N) is 1. The maximum absolute atomic E-state index is 11.8. The van der Waals surface area contributed by atoms with Crippen LogP contribution in [0.15, 0.2) is 48.5 Å². The van der Waals surface area contributed by atoms with E-state index >= 15 is 0 Å². The topological polar surface area (TPSA) is 29.1 Å². The molecular formula is C16H15Cl2NO. The van der Waals surface area contributed by atoms with E-state index in [1.54, 1.807) is 12.1 Å². The minimum Gasteiger partial charge on any atom is -0.352 e. The fourth-order valence-electron chi connectivity index (χ4n) is 1.85. The first-order valence-corrected chi connectivity index (χ1v) is 7.15. The molecule has 2 aromatic rings. The van der Waals surface area contributed by atoms with Crippen LogP contribution < -0.4 is 5.32 Å². The molecule has 0 radical (unpaired) electrons. The van der Waals surface area contributed by atoms with Gasteiger partial charge in [-0.2, -0.15) is 0 Å². The van der Waals surface area contributed by atoms with Crippen molar-refractivity contribution in [2.75, 3.05) is 0 Å². The van der Waals surface area contributed by atoms with Crippen LogP contribution in [0.2, 0.25) is 10.0 Å². The van der Waals surface area contributed by atoms with Crippen LogP contribution >= 0.6 is 23.2 Å². The summed E-state index contributed by atoms with van der Waals surface area (Å²) in [5, 5.41) is 4.03. The fourth-order valence-corrected chi connectivity index (χ4v) is 2.33. The van der Waals surface area contributed by atoms with Crippen LogP contribution in [0.4, 0.5) is 0 Å². The number of hydrogen-bond donors (Lipinski definition) is 1. The van der Waals surface area contributed by atoms with Crippen molar-refractivity contribution in [1.29, 1.82) is 0 Å². The van der Waals surface area contributed by atoms with E-state index in [-0.39, 0.29) is 5.91 Å². The molecule has 0 bridgehead atoms. The van der Waals surface area contributed by atoms with Gasteiger partial charge < -0.3 is 5.32 Å². The Labute approximate surface area is 128 Å². The van der Waals surface area contributed by atoms with Gasteiger partial charge >= 0.3 is 0 Å². The molecular weight excluding hydrogens is 293 g/mol. The first kappa shape index (κ1) is 14.9. The molecule has 0 aliphatic heterocycles. The van der Waals surface area contributed by atoms with E-state index in [4.69, 9.17) is 23.2 Å². The molecule has 0 saturated heterocycles. The van der Waals surface area contributed by atoms with Gasteiger partial charge in [-0.15, -0.1) is 0 Å². The fraction of sp³-hybridized carbons (Fsp3) is 0.188. The zero-order valence-electron chi connectivity index (χ0n) is 10.9. The van der Waals surface area contributed by atoms with Crippen molar-refractivity contribution in [2.45, 2.75) is 19.4 Å². The highest BCUT2D eigenvalue weighted by atomic mass is 35.5. The Bertz CT molecular complexity index is 584. The SMILES string of the molecule is O=C(CCc1ccccc1)NCc1ccc(Cl)cc1Cl. The van der Waals surface area contributed by atoms with Gasteiger partial charge in [-0.05, 0) is 29.7 Å². The van der Waals surface area contributed by atoms with Crippen LogP contribution in [0, 0.1) is 0 Å². The summed E-state index contributed by atoms with van der Waals surface area (Å²) in [6.07, 6.45) is 1.20. The number of benzene rings is 2. The van der Waals surface area contributed by atoms with E-state index in [0.29, 0.717) is 23.0 Å². The van der Waals surface area contributed by atoms with Crippen molar-refractivity contribution in [2.24, 2.45) is 0 Å². The Kier molecular flexibility index (Phi) is 5.45. The summed E-state index contributed by atoms with van der Waals surface area (Å²) in [7, 11) is 0. The van der Waals surface area contributed by atoms with Gasteiger partial charge in [0.25, 0.3) is 0 Å². The predicted molar refractivity (Wildman–Crippen MR) is 83.1 cm³/mol. The lowest BCUT2D eigenvalue weighted by molar-refractivity contribution is -0.121. The number of carbonyl (C=O) groups excluding carboxylic acids is 1. The normalized spacial score (nSPS) is 10.3. The Morgan fingerprint density at radius 3 is 2.50 bits per heavy atom. The van der Waals surface area contributed by atoms with Gasteiger partial charge in [0, 0.05) is 23.0 Å². The monoisotopic (exact) mass is 307 g/mol. The highest BCUT2D eigenvalue weighted by molar-refractivity contribution is 6.35. The summed E-state index contributed by atoms with van der Waals surface area (Å²) < 4.78 is 0. The lowest BCUT2D eigenvalue weighted by Gasteiger charge is -2.07. The minimum atomic E-state index is 0.0138. The third-order valence-electron chi connectivity index (χ3n) is 2.97. The third-order valence-corrected chi connectivity index (χ3v) is 3.56. The Hall–Kier alpha value is -1.51. The minimum absolute atomic E-state index is 0.0138. The van der Waals surface area contributed by atoms with E-state index in [1.165, 1.54) is 0 Å². The molecule has 0 aromatic heterocycles. The molecule has 0 aliphatic rings. The van der Waals surface area contributed by atoms with Gasteiger partial charge in [0.05, 0.1) is 0 Å². The van der Waals surface area contributed by atoms with Gasteiger partial charge in [-0.3, -0.25) is 4.79 Å². The summed E-state index contributed by atoms with van der Waals surface area (Å²) in [6.45, 7) is 0.420. The van der Waals surface area contributed by atoms with Crippen LogP contribution in [0.25, 0.3) is 0 Å². The highest BCUT2D eigenvalue weighted by Gasteiger charge is 2.05. The van der Waals surface area contributed by atoms with Gasteiger partial charge in [-0.25, -0.2) is 0 Å². The molecule has 1 N–H and O–H groups in total. The van der Waals surface area contributed by atoms with Crippen LogP contribution in [0.5, 0.6) is 0 Å². The number of carbonyl (C=O) groups is 1. The van der Waals surface area contributed by atoms with Crippen molar-refractivity contribution in [3.8, 4) is 0 Å². The molecule has 0 heterocycles. The lowest BCUT2D eigenvalue weighted by atomic mass is 10.1. The highest BCUT2D eigenvalue weighted by Crippen LogP contribution is 2.20. The molecule has 2 rings (SSSR count). The van der Waals surface area contributed by atoms with Crippen molar-refractivity contribution >= 4 is 29.1 Å². The number of rotatable bonds is 5. The summed E-state index contributed by atoms with van der Waals surface area (Å²) in [5.74, 6) is 0.0138. The zero-order valence-corrected chi connectivity index (χ0v) is 12.4. The van der Waals surface area contributed by atoms with Crippen molar-refractivity contribution in [1.82, 2.24) is 5.32 Å². The standard InChI is InChI=1S/C16H15Cl2NO/c17-14-8-7-13(15(18)10-14)11-19-16(20)9-6-12-4-2-1-3-5-12/h1-5,7-8,10H,6,9,11H2,(H,19,20). The van der Waals surface area contributed by atoms with E-state index in [0.717, 1.165) is 17.5 Å². The van der Waals surface area contributed by atoms with E-state index in [2.05, 4.69) is 5.32 Å². The van der Waals surface area contributed by atoms with Crippen LogP contribution in [0.3, 0.4) is 0 Å². The van der Waals surface area contributed by atoms with Crippen molar-refractivity contribution < 1.29 is 4.79 Å². The van der Waals surface area contributed by atoms with Crippen LogP contribution in [0.1, 0.15) is 17.5 Å². The maximum Gasteiger partial charge on any atom is 0.220 e. The molecule has 1 amide bonds. The predicted octanol–water partition coefficient (Wildman–Crippen LogP) is 4.24. The third kappa shape index (κ3) is 4.55. The van der Waals surface area contributed by atoms with Crippen molar-refractivity contribution in [3.05, 3.63) is 69.7 Å². The first-order valence-electron chi connectivity index (χ1n) is 6.40. The molecule has 104 valence electrons. The van der Waals surface area contributed by atoms with Gasteiger partial charge in [0.1, 0.15) is 0 Å². The number of amides is 1. The molecule has 2 nitrogen and oxygen atoms in total. The quantitative estimate of drug-likeness (QED) is 0.879. The first-order chi connectivity index (χ1) is 9.65. The summed E-state index contributed by atoms with van der Waals surface area (Å²) in [5.41, 5.74) is 2.02. The van der Waals surface area contributed by atoms with Crippen LogP contribution in [-0.4, -0.2) is 5.91 Å². The molecule has 0 spiro atoms. The maximum atomic E-state index is 11.8. The van der Waals surface area contributed by atoms with Gasteiger partial charge in [-0.1, -0.05) is 59.6 Å². The molecule has 2 aromatic carbocycles. The largest absolute Gasteiger partial charge is 0.352 e. The zero-order chi connectivity index (χ0) is 14.4. The number of halogens is 2.